The van der Waals surface area contributed by atoms with Crippen molar-refractivity contribution in [2.75, 3.05) is 0 Å². The molecule has 0 amide bonds. The van der Waals surface area contributed by atoms with Crippen molar-refractivity contribution in [2.24, 2.45) is 0 Å². The van der Waals surface area contributed by atoms with E-state index in [-0.39, 0.29) is 0 Å². The number of benzene rings is 1. The minimum atomic E-state index is -1.67. The smallest absolute Gasteiger partial charge is 0.251 e. The Kier molecular flexibility index (Phi) is 11.2. The van der Waals surface area contributed by atoms with Crippen LogP contribution >= 0.6 is 0 Å². The molecule has 0 saturated carbocycles. The third-order valence-electron chi connectivity index (χ3n) is 5.06. The van der Waals surface area contributed by atoms with Crippen molar-refractivity contribution in [1.29, 1.82) is 0 Å². The summed E-state index contributed by atoms with van der Waals surface area (Å²) in [6.07, 6.45) is 12.0. The summed E-state index contributed by atoms with van der Waals surface area (Å²) in [6.45, 7) is 9.06. The lowest BCUT2D eigenvalue weighted by Gasteiger charge is -2.33. The monoisotopic (exact) mass is 348 g/mol. The first kappa shape index (κ1) is 21.3. The van der Waals surface area contributed by atoms with Gasteiger partial charge in [-0.3, -0.25) is 0 Å². The van der Waals surface area contributed by atoms with Crippen LogP contribution in [0.1, 0.15) is 84.1 Å². The summed E-state index contributed by atoms with van der Waals surface area (Å²) in [7, 11) is -1.67. The Balaban J connectivity index is 2.84. The fourth-order valence-electron chi connectivity index (χ4n) is 3.48. The van der Waals surface area contributed by atoms with Crippen LogP contribution in [0.5, 0.6) is 5.75 Å². The topological polar surface area (TPSA) is 9.23 Å². The van der Waals surface area contributed by atoms with Crippen LogP contribution in [0.15, 0.2) is 24.3 Å². The van der Waals surface area contributed by atoms with Gasteiger partial charge in [-0.1, -0.05) is 96.3 Å². The molecule has 0 atom stereocenters. The molecule has 1 rings (SSSR count). The van der Waals surface area contributed by atoms with Crippen LogP contribution in [-0.4, -0.2) is 8.32 Å². The molecule has 0 N–H and O–H groups in total. The molecule has 1 nitrogen and oxygen atoms in total. The Morgan fingerprint density at radius 1 is 0.667 bits per heavy atom. The van der Waals surface area contributed by atoms with Crippen molar-refractivity contribution in [3.05, 3.63) is 29.8 Å². The second kappa shape index (κ2) is 12.6. The largest absolute Gasteiger partial charge is 0.543 e. The maximum Gasteiger partial charge on any atom is 0.251 e. The third-order valence-corrected chi connectivity index (χ3v) is 9.53. The highest BCUT2D eigenvalue weighted by Gasteiger charge is 2.35. The molecular formula is C22H40OSi. The van der Waals surface area contributed by atoms with Crippen molar-refractivity contribution in [2.45, 2.75) is 104 Å². The predicted molar refractivity (Wildman–Crippen MR) is 111 cm³/mol. The minimum Gasteiger partial charge on any atom is -0.543 e. The first-order valence-corrected chi connectivity index (χ1v) is 12.9. The van der Waals surface area contributed by atoms with Gasteiger partial charge in [-0.2, -0.15) is 0 Å². The van der Waals surface area contributed by atoms with E-state index in [0.717, 1.165) is 5.75 Å². The molecule has 138 valence electrons. The second-order valence-electron chi connectivity index (χ2n) is 7.47. The van der Waals surface area contributed by atoms with Gasteiger partial charge in [0.15, 0.2) is 0 Å². The molecule has 2 heteroatoms. The Morgan fingerprint density at radius 3 is 1.46 bits per heavy atom. The number of hydrogen-bond acceptors (Lipinski definition) is 1. The zero-order valence-corrected chi connectivity index (χ0v) is 17.7. The summed E-state index contributed by atoms with van der Waals surface area (Å²) in [4.78, 5) is 0. The van der Waals surface area contributed by atoms with E-state index in [1.54, 1.807) is 0 Å². The van der Waals surface area contributed by atoms with Crippen LogP contribution in [-0.2, 0) is 0 Å². The van der Waals surface area contributed by atoms with E-state index in [4.69, 9.17) is 4.43 Å². The molecule has 0 radical (unpaired) electrons. The lowest BCUT2D eigenvalue weighted by molar-refractivity contribution is 0.505. The molecule has 0 bridgehead atoms. The van der Waals surface area contributed by atoms with Crippen LogP contribution in [0.2, 0.25) is 18.1 Å². The standard InChI is InChI=1S/C22H40OSi/c1-5-8-11-18-24(19-12-9-6-2,20-13-10-7-3)23-22-16-14-21(4)15-17-22/h14-17H,5-13,18-20H2,1-4H3. The van der Waals surface area contributed by atoms with Gasteiger partial charge in [0.05, 0.1) is 0 Å². The summed E-state index contributed by atoms with van der Waals surface area (Å²) in [6, 6.07) is 12.8. The molecule has 0 unspecified atom stereocenters. The van der Waals surface area contributed by atoms with Crippen molar-refractivity contribution >= 4 is 8.32 Å². The van der Waals surface area contributed by atoms with Gasteiger partial charge in [-0.15, -0.1) is 0 Å². The van der Waals surface area contributed by atoms with Gasteiger partial charge in [0, 0.05) is 0 Å². The van der Waals surface area contributed by atoms with Crippen molar-refractivity contribution < 1.29 is 4.43 Å². The number of unbranched alkanes of at least 4 members (excludes halogenated alkanes) is 6. The number of rotatable bonds is 14. The van der Waals surface area contributed by atoms with Crippen LogP contribution in [0.3, 0.4) is 0 Å². The molecule has 0 aliphatic heterocycles. The molecule has 0 heterocycles. The molecule has 1 aromatic carbocycles. The molecule has 0 fully saturated rings. The summed E-state index contributed by atoms with van der Waals surface area (Å²) in [5.41, 5.74) is 1.32. The average Bonchev–Trinajstić information content (AvgIpc) is 2.58. The first-order chi connectivity index (χ1) is 11.7. The summed E-state index contributed by atoms with van der Waals surface area (Å²) in [5.74, 6) is 1.12. The summed E-state index contributed by atoms with van der Waals surface area (Å²) >= 11 is 0. The number of aryl methyl sites for hydroxylation is 1. The molecule has 0 aliphatic rings. The average molecular weight is 349 g/mol. The maximum atomic E-state index is 6.84. The van der Waals surface area contributed by atoms with E-state index >= 15 is 0 Å². The molecule has 24 heavy (non-hydrogen) atoms. The van der Waals surface area contributed by atoms with E-state index in [0.29, 0.717) is 0 Å². The molecule has 0 saturated heterocycles. The zero-order chi connectivity index (χ0) is 17.7. The van der Waals surface area contributed by atoms with E-state index in [2.05, 4.69) is 52.0 Å². The van der Waals surface area contributed by atoms with Gasteiger partial charge < -0.3 is 4.43 Å². The molecule has 0 aromatic heterocycles. The van der Waals surface area contributed by atoms with E-state index < -0.39 is 8.32 Å². The van der Waals surface area contributed by atoms with Gasteiger partial charge >= 0.3 is 0 Å². The Labute approximate surface area is 152 Å². The third kappa shape index (κ3) is 8.37. The van der Waals surface area contributed by atoms with Crippen molar-refractivity contribution in [3.8, 4) is 5.75 Å². The van der Waals surface area contributed by atoms with Gasteiger partial charge in [-0.05, 0) is 37.2 Å². The highest BCUT2D eigenvalue weighted by molar-refractivity contribution is 6.74. The van der Waals surface area contributed by atoms with Crippen LogP contribution in [0.4, 0.5) is 0 Å². The quantitative estimate of drug-likeness (QED) is 0.245. The predicted octanol–water partition coefficient (Wildman–Crippen LogP) is 7.89. The van der Waals surface area contributed by atoms with Gasteiger partial charge in [0.25, 0.3) is 8.32 Å². The fraction of sp³-hybridized carbons (Fsp3) is 0.727. The molecule has 1 aromatic rings. The Bertz CT molecular complexity index is 386. The first-order valence-electron chi connectivity index (χ1n) is 10.4. The minimum absolute atomic E-state index is 1.12. The number of hydrogen-bond donors (Lipinski definition) is 0. The Hall–Kier alpha value is -0.763. The SMILES string of the molecule is CCCCC[Si](CCCCC)(CCCCC)Oc1ccc(C)cc1. The van der Waals surface area contributed by atoms with Crippen LogP contribution < -0.4 is 4.43 Å². The van der Waals surface area contributed by atoms with Gasteiger partial charge in [0.2, 0.25) is 0 Å². The Morgan fingerprint density at radius 2 is 1.08 bits per heavy atom. The van der Waals surface area contributed by atoms with Crippen LogP contribution in [0.25, 0.3) is 0 Å². The maximum absolute atomic E-state index is 6.84. The lowest BCUT2D eigenvalue weighted by atomic mass is 10.2. The van der Waals surface area contributed by atoms with Crippen molar-refractivity contribution in [3.63, 3.8) is 0 Å². The molecule has 0 aliphatic carbocycles. The van der Waals surface area contributed by atoms with E-state index in [1.165, 1.54) is 81.5 Å². The van der Waals surface area contributed by atoms with E-state index in [1.807, 2.05) is 0 Å². The van der Waals surface area contributed by atoms with Crippen molar-refractivity contribution in [1.82, 2.24) is 0 Å². The highest BCUT2D eigenvalue weighted by atomic mass is 28.4. The summed E-state index contributed by atoms with van der Waals surface area (Å²) in [5, 5.41) is 0. The molecule has 0 spiro atoms. The van der Waals surface area contributed by atoms with Gasteiger partial charge in [-0.25, -0.2) is 0 Å². The normalized spacial score (nSPS) is 11.7. The highest BCUT2D eigenvalue weighted by Crippen LogP contribution is 2.32. The fourth-order valence-corrected chi connectivity index (χ4v) is 7.85. The van der Waals surface area contributed by atoms with Crippen LogP contribution in [0, 0.1) is 6.92 Å². The van der Waals surface area contributed by atoms with E-state index in [9.17, 15) is 0 Å². The zero-order valence-electron chi connectivity index (χ0n) is 16.7. The summed E-state index contributed by atoms with van der Waals surface area (Å²) < 4.78 is 6.84. The van der Waals surface area contributed by atoms with Gasteiger partial charge in [0.1, 0.15) is 5.75 Å². The lowest BCUT2D eigenvalue weighted by Crippen LogP contribution is -2.41. The molecular weight excluding hydrogens is 308 g/mol. The second-order valence-corrected chi connectivity index (χ2v) is 11.5.